The predicted molar refractivity (Wildman–Crippen MR) is 105 cm³/mol. The van der Waals surface area contributed by atoms with Crippen molar-refractivity contribution in [3.8, 4) is 5.75 Å². The molecule has 1 aromatic rings. The van der Waals surface area contributed by atoms with Gasteiger partial charge in [0.2, 0.25) is 0 Å². The van der Waals surface area contributed by atoms with Crippen molar-refractivity contribution in [1.29, 1.82) is 0 Å². The first kappa shape index (κ1) is 19.4. The second-order valence-electron chi connectivity index (χ2n) is 7.40. The van der Waals surface area contributed by atoms with Crippen LogP contribution in [-0.4, -0.2) is 17.2 Å². The molecule has 144 valence electrons. The Morgan fingerprint density at radius 3 is 2.56 bits per heavy atom. The molecule has 27 heavy (non-hydrogen) atoms. The molecule has 3 rings (SSSR count). The van der Waals surface area contributed by atoms with Crippen molar-refractivity contribution < 1.29 is 19.0 Å². The van der Waals surface area contributed by atoms with Gasteiger partial charge < -0.3 is 9.84 Å². The van der Waals surface area contributed by atoms with Gasteiger partial charge in [-0.3, -0.25) is 4.79 Å². The third-order valence-electron chi connectivity index (χ3n) is 5.48. The van der Waals surface area contributed by atoms with E-state index in [1.165, 1.54) is 12.2 Å². The molecule has 2 fully saturated rings. The lowest BCUT2D eigenvalue weighted by Crippen LogP contribution is -2.15. The first-order chi connectivity index (χ1) is 13.1. The molecule has 0 bridgehead atoms. The summed E-state index contributed by atoms with van der Waals surface area (Å²) in [6, 6.07) is 5.47. The molecule has 0 aliphatic heterocycles. The maximum absolute atomic E-state index is 14.7. The summed E-state index contributed by atoms with van der Waals surface area (Å²) in [4.78, 5) is 11.3. The highest BCUT2D eigenvalue weighted by Crippen LogP contribution is 2.40. The van der Waals surface area contributed by atoms with E-state index in [-0.39, 0.29) is 24.3 Å². The lowest BCUT2D eigenvalue weighted by Gasteiger charge is -2.28. The number of carboxylic acids is 1. The van der Waals surface area contributed by atoms with Gasteiger partial charge in [0.25, 0.3) is 0 Å². The fraction of sp³-hybridized carbons (Fsp3) is 0.435. The van der Waals surface area contributed by atoms with E-state index >= 15 is 0 Å². The largest absolute Gasteiger partial charge is 0.490 e. The van der Waals surface area contributed by atoms with E-state index in [0.29, 0.717) is 22.4 Å². The van der Waals surface area contributed by atoms with E-state index in [0.717, 1.165) is 44.9 Å². The summed E-state index contributed by atoms with van der Waals surface area (Å²) in [5, 5.41) is 9.30. The topological polar surface area (TPSA) is 46.5 Å². The summed E-state index contributed by atoms with van der Waals surface area (Å²) >= 11 is 0. The average molecular weight is 370 g/mol. The van der Waals surface area contributed by atoms with Gasteiger partial charge in [-0.2, -0.15) is 0 Å². The number of ether oxygens (including phenoxy) is 1. The Labute approximate surface area is 160 Å². The molecule has 0 spiro atoms. The summed E-state index contributed by atoms with van der Waals surface area (Å²) in [6.07, 6.45) is 12.0. The number of hydrogen-bond acceptors (Lipinski definition) is 2. The standard InChI is InChI=1S/C23H27FO3/c1-2-7-21(24)19(16-8-5-9-16)15-20-17(14-23(25)26)10-6-13-22(20)27-18-11-3-4-12-18/h2,6-7,10,13,15-16,18H,1,3-5,8-9,11-12,14H2,(H,25,26)/b19-15+,21-7+. The second-order valence-corrected chi connectivity index (χ2v) is 7.40. The van der Waals surface area contributed by atoms with Crippen LogP contribution in [0.15, 0.2) is 48.3 Å². The molecule has 2 aliphatic rings. The average Bonchev–Trinajstić information content (AvgIpc) is 3.07. The molecule has 0 atom stereocenters. The summed E-state index contributed by atoms with van der Waals surface area (Å²) in [7, 11) is 0. The summed E-state index contributed by atoms with van der Waals surface area (Å²) in [6.45, 7) is 3.59. The van der Waals surface area contributed by atoms with Crippen LogP contribution >= 0.6 is 0 Å². The molecule has 2 aliphatic carbocycles. The predicted octanol–water partition coefficient (Wildman–Crippen LogP) is 5.86. The smallest absolute Gasteiger partial charge is 0.307 e. The lowest BCUT2D eigenvalue weighted by molar-refractivity contribution is -0.136. The SMILES string of the molecule is C=C/C=C(F)\C(=C\c1c(CC(=O)O)cccc1OC1CCCC1)C1CCC1. The Morgan fingerprint density at radius 1 is 1.22 bits per heavy atom. The Bertz CT molecular complexity index is 753. The van der Waals surface area contributed by atoms with Gasteiger partial charge in [-0.1, -0.05) is 31.2 Å². The van der Waals surface area contributed by atoms with E-state index in [4.69, 9.17) is 4.74 Å². The highest BCUT2D eigenvalue weighted by molar-refractivity contribution is 5.75. The van der Waals surface area contributed by atoms with E-state index in [9.17, 15) is 14.3 Å². The Hall–Kier alpha value is -2.36. The molecule has 0 unspecified atom stereocenters. The van der Waals surface area contributed by atoms with Crippen molar-refractivity contribution >= 4 is 12.0 Å². The van der Waals surface area contributed by atoms with Crippen molar-refractivity contribution in [2.45, 2.75) is 57.5 Å². The summed E-state index contributed by atoms with van der Waals surface area (Å²) < 4.78 is 20.9. The molecule has 0 radical (unpaired) electrons. The van der Waals surface area contributed by atoms with Crippen LogP contribution in [0.4, 0.5) is 4.39 Å². The lowest BCUT2D eigenvalue weighted by atomic mass is 9.78. The second kappa shape index (κ2) is 9.03. The Morgan fingerprint density at radius 2 is 1.96 bits per heavy atom. The van der Waals surface area contributed by atoms with Gasteiger partial charge in [0.15, 0.2) is 0 Å². The van der Waals surface area contributed by atoms with E-state index in [1.54, 1.807) is 6.07 Å². The molecule has 1 aromatic carbocycles. The zero-order chi connectivity index (χ0) is 19.2. The van der Waals surface area contributed by atoms with Gasteiger partial charge in [0.05, 0.1) is 12.5 Å². The maximum atomic E-state index is 14.7. The van der Waals surface area contributed by atoms with Crippen molar-refractivity contribution in [3.05, 3.63) is 59.5 Å². The first-order valence-electron chi connectivity index (χ1n) is 9.79. The molecule has 0 saturated heterocycles. The monoisotopic (exact) mass is 370 g/mol. The molecule has 0 amide bonds. The molecular formula is C23H27FO3. The number of hydrogen-bond donors (Lipinski definition) is 1. The van der Waals surface area contributed by atoms with Crippen molar-refractivity contribution in [2.75, 3.05) is 0 Å². The van der Waals surface area contributed by atoms with Crippen molar-refractivity contribution in [2.24, 2.45) is 5.92 Å². The quantitative estimate of drug-likeness (QED) is 0.583. The molecular weight excluding hydrogens is 343 g/mol. The van der Waals surface area contributed by atoms with Crippen LogP contribution in [-0.2, 0) is 11.2 Å². The van der Waals surface area contributed by atoms with Crippen molar-refractivity contribution in [3.63, 3.8) is 0 Å². The van der Waals surface area contributed by atoms with Crippen molar-refractivity contribution in [1.82, 2.24) is 0 Å². The highest BCUT2D eigenvalue weighted by atomic mass is 19.1. The molecule has 0 heterocycles. The molecule has 2 saturated carbocycles. The van der Waals surface area contributed by atoms with Gasteiger partial charge in [-0.15, -0.1) is 0 Å². The number of halogens is 1. The van der Waals surface area contributed by atoms with Gasteiger partial charge >= 0.3 is 5.97 Å². The number of carboxylic acid groups (broad SMARTS) is 1. The van der Waals surface area contributed by atoms with Crippen LogP contribution in [0.5, 0.6) is 5.75 Å². The summed E-state index contributed by atoms with van der Waals surface area (Å²) in [5.41, 5.74) is 1.97. The fourth-order valence-corrected chi connectivity index (χ4v) is 3.82. The first-order valence-corrected chi connectivity index (χ1v) is 9.79. The molecule has 4 heteroatoms. The van der Waals surface area contributed by atoms with Gasteiger partial charge in [0.1, 0.15) is 11.6 Å². The zero-order valence-electron chi connectivity index (χ0n) is 15.6. The maximum Gasteiger partial charge on any atom is 0.307 e. The van der Waals surface area contributed by atoms with Gasteiger partial charge in [-0.25, -0.2) is 4.39 Å². The number of rotatable bonds is 8. The highest BCUT2D eigenvalue weighted by Gasteiger charge is 2.26. The Balaban J connectivity index is 2.03. The Kier molecular flexibility index (Phi) is 6.49. The number of allylic oxidation sites excluding steroid dienone is 4. The minimum atomic E-state index is -0.907. The number of carbonyl (C=O) groups is 1. The normalized spacial score (nSPS) is 19.0. The zero-order valence-corrected chi connectivity index (χ0v) is 15.6. The number of aliphatic carboxylic acids is 1. The molecule has 1 N–H and O–H groups in total. The fourth-order valence-electron chi connectivity index (χ4n) is 3.82. The van der Waals surface area contributed by atoms with Crippen LogP contribution in [0.25, 0.3) is 6.08 Å². The minimum Gasteiger partial charge on any atom is -0.490 e. The third-order valence-corrected chi connectivity index (χ3v) is 5.48. The van der Waals surface area contributed by atoms with E-state index in [2.05, 4.69) is 6.58 Å². The number of benzene rings is 1. The van der Waals surface area contributed by atoms with Crippen LogP contribution in [0, 0.1) is 5.92 Å². The molecule has 3 nitrogen and oxygen atoms in total. The third kappa shape index (κ3) is 4.88. The van der Waals surface area contributed by atoms with Crippen LogP contribution in [0.1, 0.15) is 56.1 Å². The van der Waals surface area contributed by atoms with Crippen LogP contribution in [0.3, 0.4) is 0 Å². The van der Waals surface area contributed by atoms with Crippen LogP contribution in [0.2, 0.25) is 0 Å². The minimum absolute atomic E-state index is 0.113. The van der Waals surface area contributed by atoms with E-state index in [1.807, 2.05) is 18.2 Å². The van der Waals surface area contributed by atoms with Gasteiger partial charge in [0, 0.05) is 5.56 Å². The summed E-state index contributed by atoms with van der Waals surface area (Å²) in [5.74, 6) is -0.385. The van der Waals surface area contributed by atoms with E-state index < -0.39 is 5.97 Å². The van der Waals surface area contributed by atoms with Crippen LogP contribution < -0.4 is 4.74 Å². The van der Waals surface area contributed by atoms with Gasteiger partial charge in [-0.05, 0) is 73.8 Å². The molecule has 0 aromatic heterocycles.